The van der Waals surface area contributed by atoms with Gasteiger partial charge in [0.1, 0.15) is 0 Å². The summed E-state index contributed by atoms with van der Waals surface area (Å²) in [6, 6.07) is 7.81. The third-order valence-electron chi connectivity index (χ3n) is 4.20. The largest absolute Gasteiger partial charge is 0.382 e. The minimum Gasteiger partial charge on any atom is -0.382 e. The standard InChI is InChI=1S/C15H18ClN3/c1-9-5-4-7-10(9)14-13(15(17)19-18-14)11-6-2-3-8-12(11)16/h2-3,6,8-10H,4-5,7H2,1H3,(H3,17,18,19). The van der Waals surface area contributed by atoms with E-state index < -0.39 is 0 Å². The fourth-order valence-corrected chi connectivity index (χ4v) is 3.39. The molecule has 1 saturated carbocycles. The minimum atomic E-state index is 0.510. The van der Waals surface area contributed by atoms with E-state index in [0.717, 1.165) is 21.8 Å². The number of benzene rings is 1. The number of nitrogen functional groups attached to an aromatic ring is 1. The van der Waals surface area contributed by atoms with Crippen LogP contribution in [0.25, 0.3) is 11.1 Å². The minimum absolute atomic E-state index is 0.510. The van der Waals surface area contributed by atoms with Crippen molar-refractivity contribution in [3.8, 4) is 11.1 Å². The van der Waals surface area contributed by atoms with Crippen molar-refractivity contribution >= 4 is 17.4 Å². The molecule has 3 nitrogen and oxygen atoms in total. The van der Waals surface area contributed by atoms with Gasteiger partial charge in [-0.3, -0.25) is 5.10 Å². The predicted octanol–water partition coefficient (Wildman–Crippen LogP) is 4.22. The summed E-state index contributed by atoms with van der Waals surface area (Å²) in [4.78, 5) is 0. The summed E-state index contributed by atoms with van der Waals surface area (Å²) < 4.78 is 0. The summed E-state index contributed by atoms with van der Waals surface area (Å²) >= 11 is 6.31. The van der Waals surface area contributed by atoms with Crippen molar-refractivity contribution in [3.05, 3.63) is 35.0 Å². The van der Waals surface area contributed by atoms with E-state index in [1.807, 2.05) is 24.3 Å². The van der Waals surface area contributed by atoms with Crippen molar-refractivity contribution in [3.63, 3.8) is 0 Å². The monoisotopic (exact) mass is 275 g/mol. The third-order valence-corrected chi connectivity index (χ3v) is 4.53. The molecule has 3 rings (SSSR count). The van der Waals surface area contributed by atoms with Gasteiger partial charge in [-0.2, -0.15) is 5.10 Å². The number of hydrogen-bond acceptors (Lipinski definition) is 2. The van der Waals surface area contributed by atoms with Crippen LogP contribution in [0.2, 0.25) is 5.02 Å². The number of halogens is 1. The zero-order valence-corrected chi connectivity index (χ0v) is 11.7. The van der Waals surface area contributed by atoms with Crippen LogP contribution < -0.4 is 5.73 Å². The highest BCUT2D eigenvalue weighted by Crippen LogP contribution is 2.44. The van der Waals surface area contributed by atoms with E-state index in [1.54, 1.807) is 0 Å². The van der Waals surface area contributed by atoms with Crippen LogP contribution in [-0.2, 0) is 0 Å². The Labute approximate surface area is 118 Å². The molecule has 0 radical (unpaired) electrons. The number of rotatable bonds is 2. The maximum Gasteiger partial charge on any atom is 0.153 e. The second kappa shape index (κ2) is 4.89. The number of H-pyrrole nitrogens is 1. The number of nitrogens with two attached hydrogens (primary N) is 1. The normalized spacial score (nSPS) is 22.8. The number of aromatic amines is 1. The molecule has 0 aliphatic heterocycles. The topological polar surface area (TPSA) is 54.7 Å². The van der Waals surface area contributed by atoms with E-state index in [0.29, 0.717) is 17.7 Å². The molecule has 0 bridgehead atoms. The number of hydrogen-bond donors (Lipinski definition) is 2. The Hall–Kier alpha value is -1.48. The van der Waals surface area contributed by atoms with Crippen LogP contribution >= 0.6 is 11.6 Å². The van der Waals surface area contributed by atoms with Crippen molar-refractivity contribution in [2.24, 2.45) is 5.92 Å². The highest BCUT2D eigenvalue weighted by atomic mass is 35.5. The molecule has 1 aliphatic rings. The molecular weight excluding hydrogens is 258 g/mol. The van der Waals surface area contributed by atoms with Crippen LogP contribution in [0.5, 0.6) is 0 Å². The first-order chi connectivity index (χ1) is 9.18. The van der Waals surface area contributed by atoms with Gasteiger partial charge in [0.15, 0.2) is 5.82 Å². The molecule has 1 heterocycles. The van der Waals surface area contributed by atoms with Crippen molar-refractivity contribution in [1.29, 1.82) is 0 Å². The fourth-order valence-electron chi connectivity index (χ4n) is 3.16. The lowest BCUT2D eigenvalue weighted by Crippen LogP contribution is -2.04. The van der Waals surface area contributed by atoms with Gasteiger partial charge in [0, 0.05) is 27.8 Å². The van der Waals surface area contributed by atoms with E-state index in [9.17, 15) is 0 Å². The molecule has 1 fully saturated rings. The summed E-state index contributed by atoms with van der Waals surface area (Å²) in [5, 5.41) is 8.07. The van der Waals surface area contributed by atoms with Gasteiger partial charge in [0.05, 0.1) is 0 Å². The van der Waals surface area contributed by atoms with Crippen molar-refractivity contribution in [2.75, 3.05) is 5.73 Å². The lowest BCUT2D eigenvalue weighted by atomic mass is 9.90. The summed E-state index contributed by atoms with van der Waals surface area (Å²) in [5.41, 5.74) is 9.17. The smallest absolute Gasteiger partial charge is 0.153 e. The van der Waals surface area contributed by atoms with Gasteiger partial charge in [0.2, 0.25) is 0 Å². The molecule has 2 aromatic rings. The zero-order chi connectivity index (χ0) is 13.4. The van der Waals surface area contributed by atoms with Crippen LogP contribution in [0.1, 0.15) is 37.8 Å². The van der Waals surface area contributed by atoms with Crippen LogP contribution in [0.3, 0.4) is 0 Å². The molecule has 0 amide bonds. The zero-order valence-electron chi connectivity index (χ0n) is 11.0. The van der Waals surface area contributed by atoms with Crippen LogP contribution in [-0.4, -0.2) is 10.2 Å². The van der Waals surface area contributed by atoms with Gasteiger partial charge in [-0.1, -0.05) is 49.6 Å². The first-order valence-electron chi connectivity index (χ1n) is 6.77. The number of anilines is 1. The molecule has 0 saturated heterocycles. The van der Waals surface area contributed by atoms with Gasteiger partial charge >= 0.3 is 0 Å². The Bertz CT molecular complexity index is 591. The molecule has 3 N–H and O–H groups in total. The highest BCUT2D eigenvalue weighted by Gasteiger charge is 2.30. The quantitative estimate of drug-likeness (QED) is 0.862. The van der Waals surface area contributed by atoms with Gasteiger partial charge in [0.25, 0.3) is 0 Å². The summed E-state index contributed by atoms with van der Waals surface area (Å²) in [6.07, 6.45) is 3.73. The first kappa shape index (κ1) is 12.5. The molecule has 19 heavy (non-hydrogen) atoms. The highest BCUT2D eigenvalue weighted by molar-refractivity contribution is 6.33. The Morgan fingerprint density at radius 1 is 1.32 bits per heavy atom. The Balaban J connectivity index is 2.11. The van der Waals surface area contributed by atoms with E-state index in [2.05, 4.69) is 17.1 Å². The summed E-state index contributed by atoms with van der Waals surface area (Å²) in [6.45, 7) is 2.30. The van der Waals surface area contributed by atoms with Crippen LogP contribution in [0.4, 0.5) is 5.82 Å². The second-order valence-electron chi connectivity index (χ2n) is 5.39. The molecule has 100 valence electrons. The van der Waals surface area contributed by atoms with Gasteiger partial charge < -0.3 is 5.73 Å². The van der Waals surface area contributed by atoms with E-state index in [1.165, 1.54) is 19.3 Å². The lowest BCUT2D eigenvalue weighted by Gasteiger charge is -2.16. The number of nitrogens with zero attached hydrogens (tertiary/aromatic N) is 1. The SMILES string of the molecule is CC1CCCC1c1[nH]nc(N)c1-c1ccccc1Cl. The van der Waals surface area contributed by atoms with Gasteiger partial charge in [-0.15, -0.1) is 0 Å². The molecule has 0 spiro atoms. The molecule has 1 aliphatic carbocycles. The Morgan fingerprint density at radius 2 is 2.11 bits per heavy atom. The maximum absolute atomic E-state index is 6.31. The molecule has 1 aromatic carbocycles. The number of aromatic nitrogens is 2. The molecular formula is C15H18ClN3. The van der Waals surface area contributed by atoms with Gasteiger partial charge in [-0.25, -0.2) is 0 Å². The van der Waals surface area contributed by atoms with Crippen molar-refractivity contribution < 1.29 is 0 Å². The Kier molecular flexibility index (Phi) is 3.23. The van der Waals surface area contributed by atoms with Crippen LogP contribution in [0.15, 0.2) is 24.3 Å². The van der Waals surface area contributed by atoms with Crippen molar-refractivity contribution in [1.82, 2.24) is 10.2 Å². The molecule has 4 heteroatoms. The summed E-state index contributed by atoms with van der Waals surface area (Å²) in [5.74, 6) is 1.72. The van der Waals surface area contributed by atoms with Gasteiger partial charge in [-0.05, 0) is 18.4 Å². The second-order valence-corrected chi connectivity index (χ2v) is 5.80. The average molecular weight is 276 g/mol. The number of nitrogens with one attached hydrogen (secondary N) is 1. The first-order valence-corrected chi connectivity index (χ1v) is 7.15. The molecule has 2 unspecified atom stereocenters. The average Bonchev–Trinajstić information content (AvgIpc) is 2.96. The molecule has 2 atom stereocenters. The third kappa shape index (κ3) is 2.12. The lowest BCUT2D eigenvalue weighted by molar-refractivity contribution is 0.522. The van der Waals surface area contributed by atoms with E-state index in [-0.39, 0.29) is 0 Å². The van der Waals surface area contributed by atoms with Crippen molar-refractivity contribution in [2.45, 2.75) is 32.1 Å². The predicted molar refractivity (Wildman–Crippen MR) is 79.2 cm³/mol. The Morgan fingerprint density at radius 3 is 2.79 bits per heavy atom. The fraction of sp³-hybridized carbons (Fsp3) is 0.400. The van der Waals surface area contributed by atoms with E-state index in [4.69, 9.17) is 17.3 Å². The van der Waals surface area contributed by atoms with Crippen LogP contribution in [0, 0.1) is 5.92 Å². The summed E-state index contributed by atoms with van der Waals surface area (Å²) in [7, 11) is 0. The maximum atomic E-state index is 6.31. The molecule has 1 aromatic heterocycles. The van der Waals surface area contributed by atoms with E-state index >= 15 is 0 Å².